The van der Waals surface area contributed by atoms with Crippen LogP contribution < -0.4 is 10.1 Å². The normalized spacial score (nSPS) is 18.0. The summed E-state index contributed by atoms with van der Waals surface area (Å²) in [7, 11) is 0. The van der Waals surface area contributed by atoms with E-state index in [0.717, 1.165) is 0 Å². The van der Waals surface area contributed by atoms with Gasteiger partial charge in [0, 0.05) is 12.1 Å². The summed E-state index contributed by atoms with van der Waals surface area (Å²) in [4.78, 5) is 22.9. The van der Waals surface area contributed by atoms with Crippen LogP contribution in [0, 0.1) is 0 Å². The van der Waals surface area contributed by atoms with Gasteiger partial charge in [-0.05, 0) is 45.0 Å². The monoisotopic (exact) mass is 293 g/mol. The molecule has 0 aliphatic carbocycles. The molecule has 21 heavy (non-hydrogen) atoms. The number of benzene rings is 1. The lowest BCUT2D eigenvalue weighted by molar-refractivity contribution is -0.143. The zero-order valence-corrected chi connectivity index (χ0v) is 12.3. The van der Waals surface area contributed by atoms with E-state index in [2.05, 4.69) is 5.32 Å². The number of hydrogen-bond donors (Lipinski definition) is 1. The molecule has 1 aliphatic heterocycles. The fraction of sp³-hybridized carbons (Fsp3) is 0.467. The third-order valence-electron chi connectivity index (χ3n) is 2.67. The molecular formula is C15H19NO5. The molecule has 1 fully saturated rings. The highest BCUT2D eigenvalue weighted by Crippen LogP contribution is 2.20. The van der Waals surface area contributed by atoms with E-state index in [0.29, 0.717) is 24.5 Å². The van der Waals surface area contributed by atoms with E-state index >= 15 is 0 Å². The molecule has 1 N–H and O–H groups in total. The molecule has 0 radical (unpaired) electrons. The molecule has 6 nitrogen and oxygen atoms in total. The average molecular weight is 293 g/mol. The van der Waals surface area contributed by atoms with Crippen LogP contribution in [0.3, 0.4) is 0 Å². The first kappa shape index (κ1) is 15.2. The Morgan fingerprint density at radius 1 is 1.29 bits per heavy atom. The van der Waals surface area contributed by atoms with Crippen LogP contribution in [-0.2, 0) is 14.3 Å². The summed E-state index contributed by atoms with van der Waals surface area (Å²) in [5, 5.41) is 2.62. The Hall–Kier alpha value is -2.24. The topological polar surface area (TPSA) is 73.9 Å². The fourth-order valence-electron chi connectivity index (χ4n) is 1.79. The predicted octanol–water partition coefficient (Wildman–Crippen LogP) is 2.73. The molecule has 0 spiro atoms. The van der Waals surface area contributed by atoms with Crippen molar-refractivity contribution in [2.75, 3.05) is 11.9 Å². The van der Waals surface area contributed by atoms with Crippen molar-refractivity contribution >= 4 is 17.7 Å². The van der Waals surface area contributed by atoms with Gasteiger partial charge in [0.25, 0.3) is 0 Å². The van der Waals surface area contributed by atoms with Gasteiger partial charge in [-0.2, -0.15) is 0 Å². The lowest BCUT2D eigenvalue weighted by Gasteiger charge is -2.19. The molecule has 1 saturated heterocycles. The molecule has 1 aliphatic rings. The standard InChI is InChI=1S/C15H19NO5/c1-15(2,3)21-14(18)16-10-4-6-11(7-5-10)20-12-8-9-19-13(12)17/h4-7,12H,8-9H2,1-3H3,(H,16,18). The van der Waals surface area contributed by atoms with Gasteiger partial charge in [-0.1, -0.05) is 0 Å². The van der Waals surface area contributed by atoms with Crippen LogP contribution in [0.4, 0.5) is 10.5 Å². The van der Waals surface area contributed by atoms with Crippen LogP contribution in [0.15, 0.2) is 24.3 Å². The van der Waals surface area contributed by atoms with E-state index in [1.165, 1.54) is 0 Å². The first-order valence-electron chi connectivity index (χ1n) is 6.77. The van der Waals surface area contributed by atoms with Crippen LogP contribution in [0.5, 0.6) is 5.75 Å². The quantitative estimate of drug-likeness (QED) is 0.867. The van der Waals surface area contributed by atoms with Crippen LogP contribution in [0.1, 0.15) is 27.2 Å². The van der Waals surface area contributed by atoms with Crippen molar-refractivity contribution in [2.45, 2.75) is 38.9 Å². The number of hydrogen-bond acceptors (Lipinski definition) is 5. The second kappa shape index (κ2) is 6.03. The van der Waals surface area contributed by atoms with Gasteiger partial charge < -0.3 is 14.2 Å². The molecule has 1 heterocycles. The minimum atomic E-state index is -0.547. The molecule has 0 aromatic heterocycles. The van der Waals surface area contributed by atoms with E-state index in [4.69, 9.17) is 14.2 Å². The molecule has 1 aromatic rings. The number of cyclic esters (lactones) is 1. The minimum Gasteiger partial charge on any atom is -0.479 e. The van der Waals surface area contributed by atoms with Crippen molar-refractivity contribution in [2.24, 2.45) is 0 Å². The summed E-state index contributed by atoms with van der Waals surface area (Å²) in [5.74, 6) is 0.208. The summed E-state index contributed by atoms with van der Waals surface area (Å²) in [6, 6.07) is 6.72. The number of carbonyl (C=O) groups is 2. The molecule has 2 rings (SSSR count). The highest BCUT2D eigenvalue weighted by molar-refractivity contribution is 5.84. The maximum Gasteiger partial charge on any atom is 0.412 e. The number of amides is 1. The summed E-state index contributed by atoms with van der Waals surface area (Å²) < 4.78 is 15.5. The average Bonchev–Trinajstić information content (AvgIpc) is 2.75. The van der Waals surface area contributed by atoms with Crippen LogP contribution in [0.2, 0.25) is 0 Å². The highest BCUT2D eigenvalue weighted by Gasteiger charge is 2.28. The van der Waals surface area contributed by atoms with E-state index in [1.807, 2.05) is 0 Å². The lowest BCUT2D eigenvalue weighted by Crippen LogP contribution is -2.27. The lowest BCUT2D eigenvalue weighted by atomic mass is 10.2. The third kappa shape index (κ3) is 4.66. The molecule has 0 bridgehead atoms. The zero-order valence-electron chi connectivity index (χ0n) is 12.3. The number of carbonyl (C=O) groups excluding carboxylic acids is 2. The Kier molecular flexibility index (Phi) is 4.35. The number of ether oxygens (including phenoxy) is 3. The van der Waals surface area contributed by atoms with Gasteiger partial charge in [-0.15, -0.1) is 0 Å². The van der Waals surface area contributed by atoms with E-state index in [1.54, 1.807) is 45.0 Å². The van der Waals surface area contributed by atoms with Crippen molar-refractivity contribution in [1.29, 1.82) is 0 Å². The van der Waals surface area contributed by atoms with E-state index in [-0.39, 0.29) is 5.97 Å². The Bertz CT molecular complexity index is 518. The molecule has 114 valence electrons. The summed E-state index contributed by atoms with van der Waals surface area (Å²) in [5.41, 5.74) is 0.0429. The van der Waals surface area contributed by atoms with Crippen molar-refractivity contribution in [3.05, 3.63) is 24.3 Å². The summed E-state index contributed by atoms with van der Waals surface area (Å²) in [6.07, 6.45) is -0.512. The SMILES string of the molecule is CC(C)(C)OC(=O)Nc1ccc(OC2CCOC2=O)cc1. The van der Waals surface area contributed by atoms with E-state index in [9.17, 15) is 9.59 Å². The van der Waals surface area contributed by atoms with Crippen molar-refractivity contribution in [3.63, 3.8) is 0 Å². The second-order valence-corrected chi connectivity index (χ2v) is 5.71. The molecule has 1 unspecified atom stereocenters. The number of nitrogens with one attached hydrogen (secondary N) is 1. The molecular weight excluding hydrogens is 274 g/mol. The van der Waals surface area contributed by atoms with Gasteiger partial charge in [0.15, 0.2) is 6.10 Å². The van der Waals surface area contributed by atoms with Crippen molar-refractivity contribution in [3.8, 4) is 5.75 Å². The number of esters is 1. The number of rotatable bonds is 3. The van der Waals surface area contributed by atoms with Crippen LogP contribution in [-0.4, -0.2) is 30.4 Å². The molecule has 1 atom stereocenters. The Morgan fingerprint density at radius 2 is 1.95 bits per heavy atom. The number of anilines is 1. The highest BCUT2D eigenvalue weighted by atomic mass is 16.6. The maximum absolute atomic E-state index is 11.6. The fourth-order valence-corrected chi connectivity index (χ4v) is 1.79. The first-order valence-corrected chi connectivity index (χ1v) is 6.77. The van der Waals surface area contributed by atoms with Crippen LogP contribution in [0.25, 0.3) is 0 Å². The Morgan fingerprint density at radius 3 is 2.48 bits per heavy atom. The summed E-state index contributed by atoms with van der Waals surface area (Å²) >= 11 is 0. The van der Waals surface area contributed by atoms with Crippen molar-refractivity contribution < 1.29 is 23.8 Å². The van der Waals surface area contributed by atoms with Gasteiger partial charge in [-0.25, -0.2) is 9.59 Å². The van der Waals surface area contributed by atoms with Crippen molar-refractivity contribution in [1.82, 2.24) is 0 Å². The third-order valence-corrected chi connectivity index (χ3v) is 2.67. The molecule has 1 amide bonds. The molecule has 0 saturated carbocycles. The Balaban J connectivity index is 1.90. The smallest absolute Gasteiger partial charge is 0.412 e. The van der Waals surface area contributed by atoms with Gasteiger partial charge >= 0.3 is 12.1 Å². The zero-order chi connectivity index (χ0) is 15.5. The van der Waals surface area contributed by atoms with E-state index < -0.39 is 17.8 Å². The maximum atomic E-state index is 11.6. The molecule has 1 aromatic carbocycles. The van der Waals surface area contributed by atoms with Gasteiger partial charge in [-0.3, -0.25) is 5.32 Å². The second-order valence-electron chi connectivity index (χ2n) is 5.71. The largest absolute Gasteiger partial charge is 0.479 e. The van der Waals surface area contributed by atoms with Gasteiger partial charge in [0.2, 0.25) is 0 Å². The molecule has 6 heteroatoms. The first-order chi connectivity index (χ1) is 9.83. The summed E-state index contributed by atoms with van der Waals surface area (Å²) in [6.45, 7) is 5.78. The predicted molar refractivity (Wildman–Crippen MR) is 76.3 cm³/mol. The minimum absolute atomic E-state index is 0.342. The van der Waals surface area contributed by atoms with Gasteiger partial charge in [0.05, 0.1) is 6.61 Å². The van der Waals surface area contributed by atoms with Gasteiger partial charge in [0.1, 0.15) is 11.4 Å². The van der Waals surface area contributed by atoms with Crippen LogP contribution >= 0.6 is 0 Å². The Labute approximate surface area is 123 Å².